The van der Waals surface area contributed by atoms with Crippen molar-refractivity contribution >= 4 is 12.6 Å². The maximum Gasteiger partial charge on any atom is 0.0654 e. The topological polar surface area (TPSA) is 0 Å². The van der Waals surface area contributed by atoms with Gasteiger partial charge in [-0.1, -0.05) is 46.1 Å². The molecule has 0 saturated heterocycles. The van der Waals surface area contributed by atoms with E-state index in [1.165, 1.54) is 69.8 Å². The molecule has 0 unspecified atom stereocenters. The first-order valence-corrected chi connectivity index (χ1v) is 12.1. The van der Waals surface area contributed by atoms with Crippen molar-refractivity contribution in [2.24, 2.45) is 0 Å². The number of benzene rings is 1. The van der Waals surface area contributed by atoms with Crippen LogP contribution >= 0.6 is 7.26 Å². The Labute approximate surface area is 144 Å². The molecule has 0 atom stereocenters. The molecule has 0 aliphatic heterocycles. The van der Waals surface area contributed by atoms with E-state index in [0.717, 1.165) is 11.3 Å². The Morgan fingerprint density at radius 3 is 1.87 bits per heavy atom. The molecule has 3 rings (SSSR count). The van der Waals surface area contributed by atoms with E-state index in [1.807, 2.05) is 0 Å². The molecule has 0 aromatic heterocycles. The van der Waals surface area contributed by atoms with Gasteiger partial charge in [0.1, 0.15) is 0 Å². The molecule has 0 amide bonds. The van der Waals surface area contributed by atoms with Gasteiger partial charge in [0.05, 0.1) is 5.30 Å². The first kappa shape index (κ1) is 17.5. The first-order chi connectivity index (χ1) is 11.1. The van der Waals surface area contributed by atoms with Gasteiger partial charge in [0.2, 0.25) is 0 Å². The first-order valence-electron chi connectivity index (χ1n) is 9.95. The van der Waals surface area contributed by atoms with Crippen LogP contribution in [0.1, 0.15) is 89.5 Å². The number of hydrogen-bond donors (Lipinski definition) is 0. The van der Waals surface area contributed by atoms with Gasteiger partial charge in [0, 0.05) is 11.3 Å². The minimum atomic E-state index is -1.29. The highest BCUT2D eigenvalue weighted by atomic mass is 31.2. The Morgan fingerprint density at radius 2 is 1.39 bits per heavy atom. The van der Waals surface area contributed by atoms with Crippen molar-refractivity contribution < 1.29 is 0 Å². The van der Waals surface area contributed by atoms with Gasteiger partial charge in [0.15, 0.2) is 0 Å². The van der Waals surface area contributed by atoms with E-state index >= 15 is 0 Å². The molecular weight excluding hydrogens is 295 g/mol. The molecule has 1 heteroatoms. The molecule has 0 nitrogen and oxygen atoms in total. The molecule has 2 fully saturated rings. The summed E-state index contributed by atoms with van der Waals surface area (Å²) in [4.78, 5) is 0. The SMILES string of the molecule is [CH2-][P+](c1cccc(C(C)C)c1)(C1CCCCC1)C1CCCCC1. The second kappa shape index (κ2) is 7.69. The summed E-state index contributed by atoms with van der Waals surface area (Å²) < 4.78 is 0. The molecule has 2 aliphatic carbocycles. The van der Waals surface area contributed by atoms with Crippen molar-refractivity contribution in [3.05, 3.63) is 36.5 Å². The molecule has 1 aromatic carbocycles. The van der Waals surface area contributed by atoms with Gasteiger partial charge in [0.25, 0.3) is 0 Å². The van der Waals surface area contributed by atoms with E-state index in [0.29, 0.717) is 5.92 Å². The molecule has 0 heterocycles. The van der Waals surface area contributed by atoms with Gasteiger partial charge in [-0.3, -0.25) is 0 Å². The fraction of sp³-hybridized carbons (Fsp3) is 0.682. The zero-order chi connectivity index (χ0) is 16.3. The second-order valence-electron chi connectivity index (χ2n) is 8.26. The molecule has 0 spiro atoms. The number of hydrogen-bond acceptors (Lipinski definition) is 0. The molecule has 1 aromatic rings. The summed E-state index contributed by atoms with van der Waals surface area (Å²) >= 11 is 0. The largest absolute Gasteiger partial charge is 0.174 e. The Kier molecular flexibility index (Phi) is 5.84. The van der Waals surface area contributed by atoms with Gasteiger partial charge in [-0.2, -0.15) is 6.66 Å². The van der Waals surface area contributed by atoms with Crippen LogP contribution in [0.4, 0.5) is 0 Å². The minimum absolute atomic E-state index is 0.626. The van der Waals surface area contributed by atoms with Gasteiger partial charge in [-0.05, 0) is 75.0 Å². The summed E-state index contributed by atoms with van der Waals surface area (Å²) in [6.45, 7) is 9.74. The lowest BCUT2D eigenvalue weighted by atomic mass is 9.99. The Bertz CT molecular complexity index is 474. The van der Waals surface area contributed by atoms with Crippen molar-refractivity contribution in [3.8, 4) is 0 Å². The Hall–Kier alpha value is -0.350. The van der Waals surface area contributed by atoms with Gasteiger partial charge >= 0.3 is 0 Å². The van der Waals surface area contributed by atoms with Crippen LogP contribution in [-0.4, -0.2) is 11.3 Å². The van der Waals surface area contributed by atoms with Crippen LogP contribution in [0.3, 0.4) is 0 Å². The monoisotopic (exact) mass is 330 g/mol. The Morgan fingerprint density at radius 1 is 0.870 bits per heavy atom. The third-order valence-corrected chi connectivity index (χ3v) is 11.3. The van der Waals surface area contributed by atoms with Crippen molar-refractivity contribution in [1.29, 1.82) is 0 Å². The maximum atomic E-state index is 5.10. The second-order valence-corrected chi connectivity index (χ2v) is 12.1. The van der Waals surface area contributed by atoms with E-state index in [1.54, 1.807) is 5.30 Å². The molecular formula is C22H35P. The van der Waals surface area contributed by atoms with Crippen molar-refractivity contribution in [1.82, 2.24) is 0 Å². The van der Waals surface area contributed by atoms with E-state index in [2.05, 4.69) is 38.1 Å². The molecule has 23 heavy (non-hydrogen) atoms. The average molecular weight is 330 g/mol. The highest BCUT2D eigenvalue weighted by Gasteiger charge is 2.44. The average Bonchev–Trinajstić information content (AvgIpc) is 2.62. The molecule has 0 radical (unpaired) electrons. The van der Waals surface area contributed by atoms with E-state index in [4.69, 9.17) is 6.66 Å². The van der Waals surface area contributed by atoms with Crippen molar-refractivity contribution in [3.63, 3.8) is 0 Å². The normalized spacial score (nSPS) is 21.7. The van der Waals surface area contributed by atoms with Gasteiger partial charge in [-0.25, -0.2) is 0 Å². The number of rotatable bonds is 4. The molecule has 2 saturated carbocycles. The van der Waals surface area contributed by atoms with Crippen LogP contribution in [0.25, 0.3) is 0 Å². The fourth-order valence-corrected chi connectivity index (χ4v) is 9.71. The van der Waals surface area contributed by atoms with Crippen LogP contribution < -0.4 is 5.30 Å². The maximum absolute atomic E-state index is 5.10. The van der Waals surface area contributed by atoms with E-state index in [9.17, 15) is 0 Å². The third kappa shape index (κ3) is 3.68. The predicted molar refractivity (Wildman–Crippen MR) is 106 cm³/mol. The van der Waals surface area contributed by atoms with Crippen LogP contribution in [-0.2, 0) is 0 Å². The highest BCUT2D eigenvalue weighted by Crippen LogP contribution is 2.70. The summed E-state index contributed by atoms with van der Waals surface area (Å²) in [5, 5.41) is 1.66. The van der Waals surface area contributed by atoms with Gasteiger partial charge in [-0.15, -0.1) is 0 Å². The molecule has 128 valence electrons. The van der Waals surface area contributed by atoms with Crippen LogP contribution in [0.2, 0.25) is 0 Å². The molecule has 0 N–H and O–H groups in total. The fourth-order valence-electron chi connectivity index (χ4n) is 4.95. The molecule has 2 aliphatic rings. The van der Waals surface area contributed by atoms with Crippen molar-refractivity contribution in [2.45, 2.75) is 95.3 Å². The van der Waals surface area contributed by atoms with Gasteiger partial charge < -0.3 is 0 Å². The lowest BCUT2D eigenvalue weighted by Crippen LogP contribution is -2.33. The summed E-state index contributed by atoms with van der Waals surface area (Å²) in [5.41, 5.74) is 3.32. The summed E-state index contributed by atoms with van der Waals surface area (Å²) in [7, 11) is -1.29. The van der Waals surface area contributed by atoms with Crippen LogP contribution in [0.5, 0.6) is 0 Å². The zero-order valence-corrected chi connectivity index (χ0v) is 16.2. The van der Waals surface area contributed by atoms with Crippen LogP contribution in [0, 0.1) is 6.66 Å². The highest BCUT2D eigenvalue weighted by molar-refractivity contribution is 7.85. The lowest BCUT2D eigenvalue weighted by molar-refractivity contribution is 0.483. The predicted octanol–water partition coefficient (Wildman–Crippen LogP) is 6.91. The summed E-state index contributed by atoms with van der Waals surface area (Å²) in [6.07, 6.45) is 14.5. The smallest absolute Gasteiger partial charge is 0.0654 e. The van der Waals surface area contributed by atoms with E-state index < -0.39 is 7.26 Å². The summed E-state index contributed by atoms with van der Waals surface area (Å²) in [5.74, 6) is 0.626. The summed E-state index contributed by atoms with van der Waals surface area (Å²) in [6, 6.07) is 9.63. The zero-order valence-electron chi connectivity index (χ0n) is 15.3. The Balaban J connectivity index is 1.97. The van der Waals surface area contributed by atoms with Crippen LogP contribution in [0.15, 0.2) is 24.3 Å². The quantitative estimate of drug-likeness (QED) is 0.415. The molecule has 0 bridgehead atoms. The third-order valence-electron chi connectivity index (χ3n) is 6.47. The van der Waals surface area contributed by atoms with Crippen molar-refractivity contribution in [2.75, 3.05) is 0 Å². The minimum Gasteiger partial charge on any atom is -0.174 e. The lowest BCUT2D eigenvalue weighted by Gasteiger charge is -2.47. The standard InChI is InChI=1S/C22H35P/c1-18(2)19-11-10-16-22(17-19)23(3,20-12-6-4-7-13-20)21-14-8-5-9-15-21/h10-11,16-18,20-21H,3-9,12-15H2,1-2H3. The van der Waals surface area contributed by atoms with E-state index in [-0.39, 0.29) is 0 Å².